The largest absolute Gasteiger partial charge is 0.497 e. The van der Waals surface area contributed by atoms with E-state index >= 15 is 0 Å². The van der Waals surface area contributed by atoms with Gasteiger partial charge in [-0.15, -0.1) is 11.3 Å². The Bertz CT molecular complexity index is 785. The van der Waals surface area contributed by atoms with E-state index in [1.165, 1.54) is 11.3 Å². The molecule has 1 aromatic carbocycles. The molecule has 8 heteroatoms. The number of ether oxygens (including phenoxy) is 1. The topological polar surface area (TPSA) is 74.8 Å². The summed E-state index contributed by atoms with van der Waals surface area (Å²) < 4.78 is 5.13. The molecule has 0 saturated heterocycles. The number of carbonyl (C=O) groups excluding carboxylic acids is 2. The minimum absolute atomic E-state index is 0.0240. The van der Waals surface area contributed by atoms with Crippen molar-refractivity contribution >= 4 is 29.0 Å². The molecule has 0 aliphatic rings. The minimum atomic E-state index is -0.216. The lowest BCUT2D eigenvalue weighted by Crippen LogP contribution is -2.39. The van der Waals surface area contributed by atoms with Crippen LogP contribution >= 0.6 is 11.3 Å². The third kappa shape index (κ3) is 5.45. The Balaban J connectivity index is 2.08. The highest BCUT2D eigenvalue weighted by molar-refractivity contribution is 7.09. The van der Waals surface area contributed by atoms with E-state index in [0.29, 0.717) is 31.0 Å². The van der Waals surface area contributed by atoms with Gasteiger partial charge >= 0.3 is 6.03 Å². The molecule has 2 rings (SSSR count). The molecule has 0 atom stereocenters. The maximum atomic E-state index is 12.7. The number of carbonyl (C=O) groups is 2. The molecule has 7 nitrogen and oxygen atoms in total. The number of methoxy groups -OCH3 is 1. The van der Waals surface area contributed by atoms with Gasteiger partial charge in [0, 0.05) is 30.2 Å². The van der Waals surface area contributed by atoms with E-state index in [4.69, 9.17) is 4.74 Å². The van der Waals surface area contributed by atoms with Crippen LogP contribution < -0.4 is 10.1 Å². The monoisotopic (exact) mass is 404 g/mol. The first-order valence-electron chi connectivity index (χ1n) is 9.34. The summed E-state index contributed by atoms with van der Waals surface area (Å²) in [5.41, 5.74) is 1.12. The molecule has 0 aliphatic carbocycles. The number of hydrogen-bond donors (Lipinski definition) is 1. The average Bonchev–Trinajstić information content (AvgIpc) is 3.16. The Hall–Kier alpha value is -2.61. The maximum Gasteiger partial charge on any atom is 0.322 e. The van der Waals surface area contributed by atoms with Gasteiger partial charge in [-0.25, -0.2) is 9.78 Å². The summed E-state index contributed by atoms with van der Waals surface area (Å²) in [7, 11) is 1.60. The normalized spacial score (nSPS) is 10.6. The molecule has 0 bridgehead atoms. The number of anilines is 1. The number of nitrogens with one attached hydrogen (secondary N) is 1. The molecule has 0 saturated carbocycles. The zero-order valence-electron chi connectivity index (χ0n) is 17.1. The predicted octanol–water partition coefficient (Wildman–Crippen LogP) is 4.08. The predicted molar refractivity (Wildman–Crippen MR) is 112 cm³/mol. The van der Waals surface area contributed by atoms with Crippen LogP contribution in [0.4, 0.5) is 10.5 Å². The van der Waals surface area contributed by atoms with Gasteiger partial charge in [0.25, 0.3) is 5.91 Å². The fourth-order valence-electron chi connectivity index (χ4n) is 2.66. The van der Waals surface area contributed by atoms with E-state index in [1.54, 1.807) is 46.6 Å². The Kier molecular flexibility index (Phi) is 7.80. The lowest BCUT2D eigenvalue weighted by Gasteiger charge is -2.26. The van der Waals surface area contributed by atoms with Crippen LogP contribution in [0.1, 0.15) is 43.2 Å². The first kappa shape index (κ1) is 21.7. The quantitative estimate of drug-likeness (QED) is 0.719. The van der Waals surface area contributed by atoms with E-state index in [9.17, 15) is 9.59 Å². The van der Waals surface area contributed by atoms with Gasteiger partial charge < -0.3 is 19.9 Å². The second-order valence-electron chi connectivity index (χ2n) is 6.48. The van der Waals surface area contributed by atoms with Crippen LogP contribution in [-0.4, -0.2) is 53.0 Å². The number of nitrogens with zero attached hydrogens (tertiary/aromatic N) is 3. The Morgan fingerprint density at radius 3 is 2.36 bits per heavy atom. The van der Waals surface area contributed by atoms with E-state index < -0.39 is 0 Å². The maximum absolute atomic E-state index is 12.7. The van der Waals surface area contributed by atoms with Crippen LogP contribution in [0, 0.1) is 0 Å². The van der Waals surface area contributed by atoms with Gasteiger partial charge in [0.15, 0.2) is 0 Å². The number of benzene rings is 1. The zero-order chi connectivity index (χ0) is 20.7. The SMILES string of the molecule is CCN(CC)C(=O)c1csc(CN(C(=O)Nc2ccc(OC)cc2)C(C)C)n1. The second-order valence-corrected chi connectivity index (χ2v) is 7.43. The summed E-state index contributed by atoms with van der Waals surface area (Å²) in [4.78, 5) is 33.0. The summed E-state index contributed by atoms with van der Waals surface area (Å²) in [6.07, 6.45) is 0. The van der Waals surface area contributed by atoms with Crippen LogP contribution in [0.3, 0.4) is 0 Å². The summed E-state index contributed by atoms with van der Waals surface area (Å²) in [5.74, 6) is 0.651. The zero-order valence-corrected chi connectivity index (χ0v) is 17.9. The highest BCUT2D eigenvalue weighted by atomic mass is 32.1. The molecular weight excluding hydrogens is 376 g/mol. The summed E-state index contributed by atoms with van der Waals surface area (Å²) in [6, 6.07) is 6.93. The van der Waals surface area contributed by atoms with Gasteiger partial charge in [-0.1, -0.05) is 0 Å². The fourth-order valence-corrected chi connectivity index (χ4v) is 3.42. The second kappa shape index (κ2) is 10.1. The van der Waals surface area contributed by atoms with Crippen molar-refractivity contribution in [3.8, 4) is 5.75 Å². The molecule has 0 fully saturated rings. The molecule has 0 spiro atoms. The number of rotatable bonds is 8. The average molecular weight is 405 g/mol. The first-order valence-corrected chi connectivity index (χ1v) is 10.2. The van der Waals surface area contributed by atoms with Crippen LogP contribution in [0.5, 0.6) is 5.75 Å². The van der Waals surface area contributed by atoms with E-state index in [-0.39, 0.29) is 18.0 Å². The number of aromatic nitrogens is 1. The van der Waals surface area contributed by atoms with Crippen LogP contribution in [-0.2, 0) is 6.54 Å². The van der Waals surface area contributed by atoms with Gasteiger partial charge in [0.2, 0.25) is 0 Å². The molecule has 152 valence electrons. The van der Waals surface area contributed by atoms with Crippen molar-refractivity contribution in [2.45, 2.75) is 40.3 Å². The lowest BCUT2D eigenvalue weighted by molar-refractivity contribution is 0.0767. The lowest BCUT2D eigenvalue weighted by atomic mass is 10.3. The minimum Gasteiger partial charge on any atom is -0.497 e. The molecule has 0 aliphatic heterocycles. The molecule has 0 radical (unpaired) electrons. The Labute approximate surface area is 170 Å². The number of thiazole rings is 1. The number of amides is 3. The molecular formula is C20H28N4O3S. The van der Waals surface area contributed by atoms with Crippen molar-refractivity contribution in [3.05, 3.63) is 40.3 Å². The first-order chi connectivity index (χ1) is 13.4. The molecule has 3 amide bonds. The third-order valence-electron chi connectivity index (χ3n) is 4.35. The number of urea groups is 1. The molecule has 1 heterocycles. The Morgan fingerprint density at radius 1 is 1.18 bits per heavy atom. The third-order valence-corrected chi connectivity index (χ3v) is 5.19. The molecule has 28 heavy (non-hydrogen) atoms. The van der Waals surface area contributed by atoms with Gasteiger partial charge in [-0.05, 0) is 52.0 Å². The molecule has 1 N–H and O–H groups in total. The van der Waals surface area contributed by atoms with Crippen molar-refractivity contribution in [2.75, 3.05) is 25.5 Å². The highest BCUT2D eigenvalue weighted by Gasteiger charge is 2.21. The van der Waals surface area contributed by atoms with Gasteiger partial charge in [-0.2, -0.15) is 0 Å². The van der Waals surface area contributed by atoms with Gasteiger partial charge in [0.1, 0.15) is 16.5 Å². The van der Waals surface area contributed by atoms with Crippen LogP contribution in [0.25, 0.3) is 0 Å². The van der Waals surface area contributed by atoms with Crippen LogP contribution in [0.2, 0.25) is 0 Å². The standard InChI is InChI=1S/C20H28N4O3S/c1-6-23(7-2)19(25)17-13-28-18(22-17)12-24(14(3)4)20(26)21-15-8-10-16(27-5)11-9-15/h8-11,13-14H,6-7,12H2,1-5H3,(H,21,26). The molecule has 1 aromatic heterocycles. The van der Waals surface area contributed by atoms with Gasteiger partial charge in [0.05, 0.1) is 13.7 Å². The van der Waals surface area contributed by atoms with Crippen molar-refractivity contribution < 1.29 is 14.3 Å². The summed E-state index contributed by atoms with van der Waals surface area (Å²) in [6.45, 7) is 9.41. The van der Waals surface area contributed by atoms with Crippen molar-refractivity contribution in [1.29, 1.82) is 0 Å². The molecule has 2 aromatic rings. The van der Waals surface area contributed by atoms with Crippen molar-refractivity contribution in [3.63, 3.8) is 0 Å². The smallest absolute Gasteiger partial charge is 0.322 e. The fraction of sp³-hybridized carbons (Fsp3) is 0.450. The van der Waals surface area contributed by atoms with E-state index in [1.807, 2.05) is 27.7 Å². The number of hydrogen-bond acceptors (Lipinski definition) is 5. The molecule has 0 unspecified atom stereocenters. The van der Waals surface area contributed by atoms with E-state index in [2.05, 4.69) is 10.3 Å². The van der Waals surface area contributed by atoms with Crippen LogP contribution in [0.15, 0.2) is 29.6 Å². The van der Waals surface area contributed by atoms with Crippen molar-refractivity contribution in [2.24, 2.45) is 0 Å². The highest BCUT2D eigenvalue weighted by Crippen LogP contribution is 2.19. The Morgan fingerprint density at radius 2 is 1.82 bits per heavy atom. The summed E-state index contributed by atoms with van der Waals surface area (Å²) >= 11 is 1.39. The van der Waals surface area contributed by atoms with E-state index in [0.717, 1.165) is 10.8 Å². The van der Waals surface area contributed by atoms with Crippen molar-refractivity contribution in [1.82, 2.24) is 14.8 Å². The van der Waals surface area contributed by atoms with Gasteiger partial charge in [-0.3, -0.25) is 4.79 Å². The summed E-state index contributed by atoms with van der Waals surface area (Å²) in [5, 5.41) is 5.38.